The molecule has 0 aliphatic heterocycles. The van der Waals surface area contributed by atoms with Crippen LogP contribution in [0.3, 0.4) is 0 Å². The maximum atomic E-state index is 5.01. The van der Waals surface area contributed by atoms with Crippen molar-refractivity contribution in [3.8, 4) is 5.69 Å². The van der Waals surface area contributed by atoms with Crippen molar-refractivity contribution in [3.63, 3.8) is 0 Å². The minimum atomic E-state index is 0.714. The first-order chi connectivity index (χ1) is 10.4. The van der Waals surface area contributed by atoms with Crippen LogP contribution in [-0.4, -0.2) is 30.0 Å². The van der Waals surface area contributed by atoms with E-state index in [9.17, 15) is 0 Å². The fraction of sp³-hybridized carbons (Fsp3) is 0.235. The average Bonchev–Trinajstić information content (AvgIpc) is 3.00. The minimum Gasteiger partial charge on any atom is -0.383 e. The second-order valence-corrected chi connectivity index (χ2v) is 4.95. The van der Waals surface area contributed by atoms with Crippen molar-refractivity contribution in [1.29, 1.82) is 0 Å². The third-order valence-corrected chi connectivity index (χ3v) is 3.43. The Bertz CT molecular complexity index is 721. The Labute approximate surface area is 124 Å². The number of nitrogens with zero attached hydrogens (tertiary/aromatic N) is 2. The molecule has 0 aliphatic carbocycles. The number of rotatable bonds is 6. The first-order valence-electron chi connectivity index (χ1n) is 7.10. The monoisotopic (exact) mass is 281 g/mol. The van der Waals surface area contributed by atoms with E-state index in [4.69, 9.17) is 4.74 Å². The highest BCUT2D eigenvalue weighted by Crippen LogP contribution is 2.18. The molecular weight excluding hydrogens is 262 g/mol. The fourth-order valence-corrected chi connectivity index (χ4v) is 2.31. The average molecular weight is 281 g/mol. The molecular formula is C17H19N3O. The van der Waals surface area contributed by atoms with Gasteiger partial charge >= 0.3 is 0 Å². The molecule has 0 bridgehead atoms. The lowest BCUT2D eigenvalue weighted by molar-refractivity contribution is 0.199. The summed E-state index contributed by atoms with van der Waals surface area (Å²) in [7, 11) is 1.70. The summed E-state index contributed by atoms with van der Waals surface area (Å²) in [6.07, 6.45) is 2.00. The molecule has 0 atom stereocenters. The molecule has 4 nitrogen and oxygen atoms in total. The molecule has 3 rings (SSSR count). The Morgan fingerprint density at radius 1 is 1.10 bits per heavy atom. The Morgan fingerprint density at radius 2 is 1.95 bits per heavy atom. The molecule has 0 aliphatic rings. The van der Waals surface area contributed by atoms with E-state index in [0.717, 1.165) is 24.5 Å². The standard InChI is InChI=1S/C17H19N3O/c1-21-11-9-18-13-16-8-10-20(19-16)17-7-6-14-4-2-3-5-15(14)12-17/h2-8,10,12,18H,9,11,13H2,1H3. The molecule has 3 aromatic rings. The van der Waals surface area contributed by atoms with E-state index >= 15 is 0 Å². The van der Waals surface area contributed by atoms with Crippen LogP contribution in [0.1, 0.15) is 5.69 Å². The first kappa shape index (κ1) is 13.8. The Hall–Kier alpha value is -2.17. The summed E-state index contributed by atoms with van der Waals surface area (Å²) in [5.41, 5.74) is 2.11. The van der Waals surface area contributed by atoms with Crippen molar-refractivity contribution in [2.24, 2.45) is 0 Å². The molecule has 0 radical (unpaired) electrons. The van der Waals surface area contributed by atoms with E-state index in [2.05, 4.69) is 52.9 Å². The van der Waals surface area contributed by atoms with Gasteiger partial charge in [0, 0.05) is 26.4 Å². The highest BCUT2D eigenvalue weighted by Gasteiger charge is 2.02. The van der Waals surface area contributed by atoms with Gasteiger partial charge in [-0.05, 0) is 29.0 Å². The van der Waals surface area contributed by atoms with Crippen LogP contribution in [-0.2, 0) is 11.3 Å². The number of aromatic nitrogens is 2. The van der Waals surface area contributed by atoms with Gasteiger partial charge in [0.05, 0.1) is 18.0 Å². The largest absolute Gasteiger partial charge is 0.383 e. The van der Waals surface area contributed by atoms with Crippen LogP contribution in [0.25, 0.3) is 16.5 Å². The molecule has 1 heterocycles. The van der Waals surface area contributed by atoms with Crippen LogP contribution in [0.4, 0.5) is 0 Å². The summed E-state index contributed by atoms with van der Waals surface area (Å²) in [5, 5.41) is 10.4. The lowest BCUT2D eigenvalue weighted by Gasteiger charge is -2.04. The van der Waals surface area contributed by atoms with Crippen LogP contribution >= 0.6 is 0 Å². The van der Waals surface area contributed by atoms with Gasteiger partial charge in [0.15, 0.2) is 0 Å². The van der Waals surface area contributed by atoms with Crippen molar-refractivity contribution >= 4 is 10.8 Å². The van der Waals surface area contributed by atoms with Crippen LogP contribution in [0.2, 0.25) is 0 Å². The number of nitrogens with one attached hydrogen (secondary N) is 1. The van der Waals surface area contributed by atoms with E-state index in [1.807, 2.05) is 16.9 Å². The number of methoxy groups -OCH3 is 1. The normalized spacial score (nSPS) is 11.1. The second kappa shape index (κ2) is 6.52. The van der Waals surface area contributed by atoms with E-state index in [-0.39, 0.29) is 0 Å². The minimum absolute atomic E-state index is 0.714. The summed E-state index contributed by atoms with van der Waals surface area (Å²) in [4.78, 5) is 0. The maximum Gasteiger partial charge on any atom is 0.0766 e. The summed E-state index contributed by atoms with van der Waals surface area (Å²) >= 11 is 0. The lowest BCUT2D eigenvalue weighted by Crippen LogP contribution is -2.18. The Balaban J connectivity index is 1.75. The highest BCUT2D eigenvalue weighted by atomic mass is 16.5. The third-order valence-electron chi connectivity index (χ3n) is 3.43. The van der Waals surface area contributed by atoms with Crippen molar-refractivity contribution in [3.05, 3.63) is 60.4 Å². The van der Waals surface area contributed by atoms with Gasteiger partial charge in [-0.25, -0.2) is 4.68 Å². The summed E-state index contributed by atoms with van der Waals surface area (Å²) in [6.45, 7) is 2.30. The van der Waals surface area contributed by atoms with Crippen LogP contribution in [0.5, 0.6) is 0 Å². The van der Waals surface area contributed by atoms with Gasteiger partial charge in [0.1, 0.15) is 0 Å². The van der Waals surface area contributed by atoms with Crippen molar-refractivity contribution in [2.45, 2.75) is 6.54 Å². The summed E-state index contributed by atoms with van der Waals surface area (Å²) in [6, 6.07) is 16.8. The summed E-state index contributed by atoms with van der Waals surface area (Å²) in [5.74, 6) is 0. The first-order valence-corrected chi connectivity index (χ1v) is 7.10. The zero-order chi connectivity index (χ0) is 14.5. The number of hydrogen-bond acceptors (Lipinski definition) is 3. The smallest absolute Gasteiger partial charge is 0.0766 e. The zero-order valence-corrected chi connectivity index (χ0v) is 12.1. The Kier molecular flexibility index (Phi) is 4.28. The number of fused-ring (bicyclic) bond motifs is 1. The predicted octanol–water partition coefficient (Wildman–Crippen LogP) is 2.76. The van der Waals surface area contributed by atoms with Crippen LogP contribution in [0.15, 0.2) is 54.7 Å². The van der Waals surface area contributed by atoms with Crippen LogP contribution < -0.4 is 5.32 Å². The van der Waals surface area contributed by atoms with Gasteiger partial charge in [-0.15, -0.1) is 0 Å². The van der Waals surface area contributed by atoms with Gasteiger partial charge in [-0.1, -0.05) is 30.3 Å². The molecule has 0 amide bonds. The quantitative estimate of drug-likeness (QED) is 0.706. The molecule has 21 heavy (non-hydrogen) atoms. The molecule has 0 spiro atoms. The molecule has 1 aromatic heterocycles. The van der Waals surface area contributed by atoms with Gasteiger partial charge in [-0.3, -0.25) is 0 Å². The molecule has 0 saturated carbocycles. The molecule has 0 unspecified atom stereocenters. The van der Waals surface area contributed by atoms with E-state index in [0.29, 0.717) is 6.61 Å². The summed E-state index contributed by atoms with van der Waals surface area (Å²) < 4.78 is 6.92. The third kappa shape index (κ3) is 3.29. The highest BCUT2D eigenvalue weighted by molar-refractivity contribution is 5.84. The molecule has 4 heteroatoms. The van der Waals surface area contributed by atoms with Crippen LogP contribution in [0, 0.1) is 0 Å². The second-order valence-electron chi connectivity index (χ2n) is 4.95. The van der Waals surface area contributed by atoms with E-state index < -0.39 is 0 Å². The Morgan fingerprint density at radius 3 is 2.81 bits per heavy atom. The van der Waals surface area contributed by atoms with Crippen molar-refractivity contribution in [2.75, 3.05) is 20.3 Å². The van der Waals surface area contributed by atoms with Crippen molar-refractivity contribution in [1.82, 2.24) is 15.1 Å². The molecule has 2 aromatic carbocycles. The molecule has 0 fully saturated rings. The molecule has 0 saturated heterocycles. The predicted molar refractivity (Wildman–Crippen MR) is 84.7 cm³/mol. The van der Waals surface area contributed by atoms with E-state index in [1.54, 1.807) is 7.11 Å². The molecule has 1 N–H and O–H groups in total. The van der Waals surface area contributed by atoms with E-state index in [1.165, 1.54) is 10.8 Å². The number of ether oxygens (including phenoxy) is 1. The fourth-order valence-electron chi connectivity index (χ4n) is 2.31. The number of hydrogen-bond donors (Lipinski definition) is 1. The van der Waals surface area contributed by atoms with Gasteiger partial charge in [-0.2, -0.15) is 5.10 Å². The van der Waals surface area contributed by atoms with Crippen molar-refractivity contribution < 1.29 is 4.74 Å². The number of benzene rings is 2. The van der Waals surface area contributed by atoms with Gasteiger partial charge in [0.2, 0.25) is 0 Å². The van der Waals surface area contributed by atoms with Gasteiger partial charge < -0.3 is 10.1 Å². The maximum absolute atomic E-state index is 5.01. The SMILES string of the molecule is COCCNCc1ccn(-c2ccc3ccccc3c2)n1. The molecule has 108 valence electrons. The zero-order valence-electron chi connectivity index (χ0n) is 12.1. The lowest BCUT2D eigenvalue weighted by atomic mass is 10.1. The topological polar surface area (TPSA) is 39.1 Å². The van der Waals surface area contributed by atoms with Gasteiger partial charge in [0.25, 0.3) is 0 Å².